The van der Waals surface area contributed by atoms with Gasteiger partial charge in [-0.1, -0.05) is 6.07 Å². The predicted octanol–water partition coefficient (Wildman–Crippen LogP) is 3.90. The molecule has 1 fully saturated rings. The molecule has 0 bridgehead atoms. The van der Waals surface area contributed by atoms with Crippen molar-refractivity contribution in [1.82, 2.24) is 4.90 Å². The topological polar surface area (TPSA) is 76.1 Å². The third kappa shape index (κ3) is 5.11. The predicted molar refractivity (Wildman–Crippen MR) is 94.4 cm³/mol. The maximum Gasteiger partial charge on any atom is 0.410 e. The molecule has 1 heterocycles. The molecule has 1 saturated heterocycles. The Kier molecular flexibility index (Phi) is 5.93. The molecular weight excluding hydrogens is 322 g/mol. The van der Waals surface area contributed by atoms with Gasteiger partial charge in [-0.3, -0.25) is 0 Å². The maximum absolute atomic E-state index is 12.1. The van der Waals surface area contributed by atoms with Crippen molar-refractivity contribution in [2.24, 2.45) is 0 Å². The molecule has 0 saturated carbocycles. The van der Waals surface area contributed by atoms with Crippen molar-refractivity contribution in [2.45, 2.75) is 52.1 Å². The van der Waals surface area contributed by atoms with Gasteiger partial charge in [-0.15, -0.1) is 0 Å². The van der Waals surface area contributed by atoms with E-state index in [1.54, 1.807) is 17.0 Å². The summed E-state index contributed by atoms with van der Waals surface area (Å²) in [7, 11) is 0. The van der Waals surface area contributed by atoms with Crippen LogP contribution in [0.2, 0.25) is 0 Å². The molecule has 1 aromatic rings. The van der Waals surface area contributed by atoms with Crippen LogP contribution in [0.5, 0.6) is 5.75 Å². The second-order valence-electron chi connectivity index (χ2n) is 7.24. The molecular formula is C19H27NO5. The Morgan fingerprint density at radius 2 is 1.88 bits per heavy atom. The lowest BCUT2D eigenvalue weighted by molar-refractivity contribution is 0.0204. The van der Waals surface area contributed by atoms with Crippen molar-refractivity contribution in [3.05, 3.63) is 29.3 Å². The van der Waals surface area contributed by atoms with Crippen molar-refractivity contribution in [3.63, 3.8) is 0 Å². The summed E-state index contributed by atoms with van der Waals surface area (Å²) in [5.41, 5.74) is 0.665. The lowest BCUT2D eigenvalue weighted by Gasteiger charge is -2.33. The molecule has 2 rings (SSSR count). The van der Waals surface area contributed by atoms with Gasteiger partial charge < -0.3 is 19.5 Å². The van der Waals surface area contributed by atoms with E-state index in [0.717, 1.165) is 18.4 Å². The summed E-state index contributed by atoms with van der Waals surface area (Å²) < 4.78 is 10.8. The fraction of sp³-hybridized carbons (Fsp3) is 0.579. The van der Waals surface area contributed by atoms with Gasteiger partial charge in [-0.05, 0) is 64.2 Å². The van der Waals surface area contributed by atoms with E-state index in [0.29, 0.717) is 25.4 Å². The Labute approximate surface area is 148 Å². The Balaban J connectivity index is 2.04. The van der Waals surface area contributed by atoms with E-state index in [-0.39, 0.29) is 17.6 Å². The van der Waals surface area contributed by atoms with Crippen molar-refractivity contribution in [2.75, 3.05) is 19.7 Å². The smallest absolute Gasteiger partial charge is 0.410 e. The Bertz CT molecular complexity index is 627. The Morgan fingerprint density at radius 1 is 1.24 bits per heavy atom. The number of piperidine rings is 1. The van der Waals surface area contributed by atoms with Gasteiger partial charge in [-0.2, -0.15) is 0 Å². The number of hydrogen-bond donors (Lipinski definition) is 1. The average Bonchev–Trinajstić information content (AvgIpc) is 2.54. The van der Waals surface area contributed by atoms with E-state index in [1.807, 2.05) is 33.8 Å². The fourth-order valence-electron chi connectivity index (χ4n) is 2.97. The number of aromatic carboxylic acids is 1. The number of amides is 1. The highest BCUT2D eigenvalue weighted by Crippen LogP contribution is 2.32. The van der Waals surface area contributed by atoms with E-state index in [9.17, 15) is 14.7 Å². The third-order valence-corrected chi connectivity index (χ3v) is 4.15. The number of hydrogen-bond acceptors (Lipinski definition) is 4. The molecule has 1 aliphatic heterocycles. The number of carbonyl (C=O) groups excluding carboxylic acids is 1. The Morgan fingerprint density at radius 3 is 2.40 bits per heavy atom. The number of carboxylic acids is 1. The van der Waals surface area contributed by atoms with Crippen LogP contribution in [-0.4, -0.2) is 47.4 Å². The van der Waals surface area contributed by atoms with Crippen LogP contribution in [0.15, 0.2) is 18.2 Å². The lowest BCUT2D eigenvalue weighted by atomic mass is 9.88. The molecule has 1 aliphatic rings. The zero-order valence-electron chi connectivity index (χ0n) is 15.4. The molecule has 0 aromatic heterocycles. The molecule has 0 radical (unpaired) electrons. The van der Waals surface area contributed by atoms with Gasteiger partial charge in [0, 0.05) is 13.1 Å². The van der Waals surface area contributed by atoms with Crippen LogP contribution >= 0.6 is 0 Å². The standard InChI is InChI=1S/C19H27NO5/c1-5-24-16-7-6-14(12-15(16)17(21)22)13-8-10-20(11-9-13)18(23)25-19(2,3)4/h6-7,12-13H,5,8-11H2,1-4H3,(H,21,22). The van der Waals surface area contributed by atoms with E-state index >= 15 is 0 Å². The summed E-state index contributed by atoms with van der Waals surface area (Å²) >= 11 is 0. The van der Waals surface area contributed by atoms with Gasteiger partial charge in [0.2, 0.25) is 0 Å². The summed E-state index contributed by atoms with van der Waals surface area (Å²) in [5.74, 6) is -0.367. The van der Waals surface area contributed by atoms with Gasteiger partial charge in [-0.25, -0.2) is 9.59 Å². The first-order valence-electron chi connectivity index (χ1n) is 8.69. The second-order valence-corrected chi connectivity index (χ2v) is 7.24. The summed E-state index contributed by atoms with van der Waals surface area (Å²) in [4.78, 5) is 25.3. The van der Waals surface area contributed by atoms with E-state index in [4.69, 9.17) is 9.47 Å². The summed E-state index contributed by atoms with van der Waals surface area (Å²) in [6, 6.07) is 5.34. The molecule has 0 spiro atoms. The average molecular weight is 349 g/mol. The zero-order chi connectivity index (χ0) is 18.6. The molecule has 0 unspecified atom stereocenters. The largest absolute Gasteiger partial charge is 0.493 e. The van der Waals surface area contributed by atoms with E-state index < -0.39 is 11.6 Å². The van der Waals surface area contributed by atoms with Crippen LogP contribution in [0.3, 0.4) is 0 Å². The molecule has 0 atom stereocenters. The zero-order valence-corrected chi connectivity index (χ0v) is 15.4. The van der Waals surface area contributed by atoms with Crippen LogP contribution in [0.1, 0.15) is 62.4 Å². The van der Waals surface area contributed by atoms with Crippen LogP contribution in [0.25, 0.3) is 0 Å². The molecule has 6 heteroatoms. The normalized spacial score (nSPS) is 15.8. The minimum absolute atomic E-state index is 0.189. The maximum atomic E-state index is 12.1. The fourth-order valence-corrected chi connectivity index (χ4v) is 2.97. The van der Waals surface area contributed by atoms with Crippen molar-refractivity contribution < 1.29 is 24.2 Å². The molecule has 1 aromatic carbocycles. The van der Waals surface area contributed by atoms with Crippen LogP contribution < -0.4 is 4.74 Å². The SMILES string of the molecule is CCOc1ccc(C2CCN(C(=O)OC(C)(C)C)CC2)cc1C(=O)O. The van der Waals surface area contributed by atoms with Crippen molar-refractivity contribution >= 4 is 12.1 Å². The number of rotatable bonds is 4. The number of likely N-dealkylation sites (tertiary alicyclic amines) is 1. The first-order chi connectivity index (χ1) is 11.7. The first-order valence-corrected chi connectivity index (χ1v) is 8.69. The molecule has 1 N–H and O–H groups in total. The van der Waals surface area contributed by atoms with Gasteiger partial charge in [0.1, 0.15) is 16.9 Å². The number of nitrogens with zero attached hydrogens (tertiary/aromatic N) is 1. The molecule has 6 nitrogen and oxygen atoms in total. The van der Waals surface area contributed by atoms with Gasteiger partial charge in [0.15, 0.2) is 0 Å². The van der Waals surface area contributed by atoms with Crippen LogP contribution in [-0.2, 0) is 4.74 Å². The van der Waals surface area contributed by atoms with Crippen molar-refractivity contribution in [1.29, 1.82) is 0 Å². The van der Waals surface area contributed by atoms with Gasteiger partial charge in [0.25, 0.3) is 0 Å². The molecule has 1 amide bonds. The molecule has 138 valence electrons. The number of carbonyl (C=O) groups is 2. The highest BCUT2D eigenvalue weighted by atomic mass is 16.6. The summed E-state index contributed by atoms with van der Waals surface area (Å²) in [6.45, 7) is 9.02. The molecule has 0 aliphatic carbocycles. The minimum atomic E-state index is -0.989. The quantitative estimate of drug-likeness (QED) is 0.892. The van der Waals surface area contributed by atoms with E-state index in [2.05, 4.69) is 0 Å². The highest BCUT2D eigenvalue weighted by molar-refractivity contribution is 5.91. The third-order valence-electron chi connectivity index (χ3n) is 4.15. The summed E-state index contributed by atoms with van der Waals surface area (Å²) in [6.07, 6.45) is 1.28. The van der Waals surface area contributed by atoms with E-state index in [1.165, 1.54) is 0 Å². The second kappa shape index (κ2) is 7.76. The molecule has 25 heavy (non-hydrogen) atoms. The first kappa shape index (κ1) is 19.1. The van der Waals surface area contributed by atoms with Crippen molar-refractivity contribution in [3.8, 4) is 5.75 Å². The Hall–Kier alpha value is -2.24. The highest BCUT2D eigenvalue weighted by Gasteiger charge is 2.28. The number of benzene rings is 1. The monoisotopic (exact) mass is 349 g/mol. The van der Waals surface area contributed by atoms with Gasteiger partial charge in [0.05, 0.1) is 6.61 Å². The minimum Gasteiger partial charge on any atom is -0.493 e. The van der Waals surface area contributed by atoms with Gasteiger partial charge >= 0.3 is 12.1 Å². The lowest BCUT2D eigenvalue weighted by Crippen LogP contribution is -2.41. The number of ether oxygens (including phenoxy) is 2. The summed E-state index contributed by atoms with van der Waals surface area (Å²) in [5, 5.41) is 9.39. The van der Waals surface area contributed by atoms with Crippen LogP contribution in [0.4, 0.5) is 4.79 Å². The number of carboxylic acid groups (broad SMARTS) is 1. The van der Waals surface area contributed by atoms with Crippen LogP contribution in [0, 0.1) is 0 Å².